The summed E-state index contributed by atoms with van der Waals surface area (Å²) in [6, 6.07) is 25.7. The van der Waals surface area contributed by atoms with Crippen LogP contribution in [0, 0.1) is 0 Å². The summed E-state index contributed by atoms with van der Waals surface area (Å²) in [5, 5.41) is 3.61. The van der Waals surface area contributed by atoms with Crippen LogP contribution in [-0.2, 0) is 12.2 Å². The second-order valence-electron chi connectivity index (χ2n) is 7.08. The van der Waals surface area contributed by atoms with Gasteiger partial charge in [0.1, 0.15) is 11.4 Å². The molecule has 0 bridgehead atoms. The Morgan fingerprint density at radius 2 is 1.71 bits per heavy atom. The Hall–Kier alpha value is -3.27. The summed E-state index contributed by atoms with van der Waals surface area (Å²) >= 11 is 0. The maximum atomic E-state index is 13.5. The first-order valence-corrected chi connectivity index (χ1v) is 9.58. The molecule has 1 N–H and O–H groups in total. The van der Waals surface area contributed by atoms with Crippen molar-refractivity contribution in [1.82, 2.24) is 4.90 Å². The van der Waals surface area contributed by atoms with Crippen LogP contribution in [0.4, 0.5) is 5.69 Å². The Balaban J connectivity index is 1.81. The number of nitrogens with one attached hydrogen (secondary N) is 1. The topological polar surface area (TPSA) is 41.6 Å². The number of ether oxygens (including phenoxy) is 1. The molecular formula is C24H24N2O2. The van der Waals surface area contributed by atoms with Gasteiger partial charge in [-0.25, -0.2) is 0 Å². The number of benzene rings is 3. The fourth-order valence-electron chi connectivity index (χ4n) is 3.74. The SMILES string of the molecule is CCOc1cccc(C2(C)Nc3ccccc3C(=O)N2Cc2ccccc2)c1. The maximum absolute atomic E-state index is 13.5. The van der Waals surface area contributed by atoms with E-state index in [9.17, 15) is 4.79 Å². The number of nitrogens with zero attached hydrogens (tertiary/aromatic N) is 1. The van der Waals surface area contributed by atoms with Gasteiger partial charge >= 0.3 is 0 Å². The Morgan fingerprint density at radius 3 is 2.50 bits per heavy atom. The molecule has 4 rings (SSSR count). The van der Waals surface area contributed by atoms with E-state index in [1.54, 1.807) is 0 Å². The number of para-hydroxylation sites is 1. The lowest BCUT2D eigenvalue weighted by atomic mass is 9.92. The second-order valence-corrected chi connectivity index (χ2v) is 7.08. The van der Waals surface area contributed by atoms with Gasteiger partial charge in [0, 0.05) is 17.8 Å². The molecule has 0 saturated heterocycles. The predicted molar refractivity (Wildman–Crippen MR) is 111 cm³/mol. The van der Waals surface area contributed by atoms with Crippen LogP contribution in [0.2, 0.25) is 0 Å². The number of carbonyl (C=O) groups is 1. The molecule has 1 aliphatic rings. The van der Waals surface area contributed by atoms with Crippen molar-refractivity contribution >= 4 is 11.6 Å². The first-order chi connectivity index (χ1) is 13.6. The van der Waals surface area contributed by atoms with Gasteiger partial charge in [-0.05, 0) is 43.7 Å². The molecule has 1 amide bonds. The van der Waals surface area contributed by atoms with Gasteiger partial charge in [-0.3, -0.25) is 4.79 Å². The van der Waals surface area contributed by atoms with Crippen molar-refractivity contribution in [3.63, 3.8) is 0 Å². The molecule has 4 heteroatoms. The highest BCUT2D eigenvalue weighted by Gasteiger charge is 2.42. The molecular weight excluding hydrogens is 348 g/mol. The van der Waals surface area contributed by atoms with E-state index in [4.69, 9.17) is 4.74 Å². The monoisotopic (exact) mass is 372 g/mol. The third-order valence-electron chi connectivity index (χ3n) is 5.21. The molecule has 0 aliphatic carbocycles. The lowest BCUT2D eigenvalue weighted by Crippen LogP contribution is -2.55. The lowest BCUT2D eigenvalue weighted by Gasteiger charge is -2.47. The van der Waals surface area contributed by atoms with Gasteiger partial charge in [0.2, 0.25) is 0 Å². The zero-order valence-electron chi connectivity index (χ0n) is 16.2. The van der Waals surface area contributed by atoms with Crippen LogP contribution < -0.4 is 10.1 Å². The van der Waals surface area contributed by atoms with Gasteiger partial charge in [-0.15, -0.1) is 0 Å². The van der Waals surface area contributed by atoms with Crippen molar-refractivity contribution in [3.8, 4) is 5.75 Å². The van der Waals surface area contributed by atoms with E-state index < -0.39 is 5.66 Å². The summed E-state index contributed by atoms with van der Waals surface area (Å²) in [5.74, 6) is 0.816. The Morgan fingerprint density at radius 1 is 0.964 bits per heavy atom. The number of hydrogen-bond acceptors (Lipinski definition) is 3. The van der Waals surface area contributed by atoms with Gasteiger partial charge in [0.25, 0.3) is 5.91 Å². The van der Waals surface area contributed by atoms with E-state index in [0.29, 0.717) is 18.7 Å². The van der Waals surface area contributed by atoms with E-state index in [0.717, 1.165) is 22.6 Å². The zero-order valence-corrected chi connectivity index (χ0v) is 16.2. The first-order valence-electron chi connectivity index (χ1n) is 9.58. The van der Waals surface area contributed by atoms with Gasteiger partial charge in [-0.1, -0.05) is 54.6 Å². The highest BCUT2D eigenvalue weighted by molar-refractivity contribution is 6.02. The van der Waals surface area contributed by atoms with Crippen molar-refractivity contribution < 1.29 is 9.53 Å². The largest absolute Gasteiger partial charge is 0.494 e. The van der Waals surface area contributed by atoms with Crippen molar-refractivity contribution in [2.45, 2.75) is 26.1 Å². The van der Waals surface area contributed by atoms with Crippen LogP contribution in [0.1, 0.15) is 35.3 Å². The summed E-state index contributed by atoms with van der Waals surface area (Å²) in [7, 11) is 0. The van der Waals surface area contributed by atoms with Crippen molar-refractivity contribution in [2.24, 2.45) is 0 Å². The molecule has 0 spiro atoms. The summed E-state index contributed by atoms with van der Waals surface area (Å²) in [6.07, 6.45) is 0. The summed E-state index contributed by atoms with van der Waals surface area (Å²) < 4.78 is 5.70. The van der Waals surface area contributed by atoms with Crippen LogP contribution in [0.25, 0.3) is 0 Å². The molecule has 0 radical (unpaired) electrons. The van der Waals surface area contributed by atoms with Crippen LogP contribution in [-0.4, -0.2) is 17.4 Å². The quantitative estimate of drug-likeness (QED) is 0.683. The van der Waals surface area contributed by atoms with Crippen molar-refractivity contribution in [3.05, 3.63) is 95.6 Å². The summed E-state index contributed by atoms with van der Waals surface area (Å²) in [4.78, 5) is 15.4. The third-order valence-corrected chi connectivity index (χ3v) is 5.21. The van der Waals surface area contributed by atoms with Gasteiger partial charge in [0.05, 0.1) is 12.2 Å². The molecule has 4 nitrogen and oxygen atoms in total. The predicted octanol–water partition coefficient (Wildman–Crippen LogP) is 5.03. The fourth-order valence-corrected chi connectivity index (χ4v) is 3.74. The average Bonchev–Trinajstić information content (AvgIpc) is 2.72. The molecule has 3 aromatic carbocycles. The van der Waals surface area contributed by atoms with Gasteiger partial charge in [-0.2, -0.15) is 0 Å². The van der Waals surface area contributed by atoms with E-state index in [1.807, 2.05) is 90.7 Å². The van der Waals surface area contributed by atoms with E-state index in [1.165, 1.54) is 0 Å². The fraction of sp³-hybridized carbons (Fsp3) is 0.208. The second kappa shape index (κ2) is 7.39. The minimum atomic E-state index is -0.700. The van der Waals surface area contributed by atoms with Crippen LogP contribution >= 0.6 is 0 Å². The average molecular weight is 372 g/mol. The van der Waals surface area contributed by atoms with Gasteiger partial charge in [0.15, 0.2) is 0 Å². The molecule has 1 heterocycles. The number of rotatable bonds is 5. The molecule has 142 valence electrons. The van der Waals surface area contributed by atoms with Crippen LogP contribution in [0.5, 0.6) is 5.75 Å². The first kappa shape index (κ1) is 18.1. The number of anilines is 1. The van der Waals surface area contributed by atoms with E-state index in [2.05, 4.69) is 12.2 Å². The Bertz CT molecular complexity index is 987. The molecule has 1 unspecified atom stereocenters. The van der Waals surface area contributed by atoms with Gasteiger partial charge < -0.3 is 15.0 Å². The van der Waals surface area contributed by atoms with E-state index in [-0.39, 0.29) is 5.91 Å². The Kier molecular flexibility index (Phi) is 4.78. The highest BCUT2D eigenvalue weighted by Crippen LogP contribution is 2.39. The molecule has 28 heavy (non-hydrogen) atoms. The van der Waals surface area contributed by atoms with Crippen molar-refractivity contribution in [2.75, 3.05) is 11.9 Å². The third kappa shape index (κ3) is 3.22. The molecule has 3 aromatic rings. The standard InChI is InChI=1S/C24H24N2O2/c1-3-28-20-13-9-12-19(16-20)24(2)25-22-15-8-7-14-21(22)23(27)26(24)17-18-10-5-4-6-11-18/h4-16,25H,3,17H2,1-2H3. The van der Waals surface area contributed by atoms with Crippen molar-refractivity contribution in [1.29, 1.82) is 0 Å². The van der Waals surface area contributed by atoms with Crippen LogP contribution in [0.3, 0.4) is 0 Å². The molecule has 0 fully saturated rings. The minimum absolute atomic E-state index is 0.0162. The Labute approximate surface area is 165 Å². The number of carbonyl (C=O) groups excluding carboxylic acids is 1. The molecule has 1 atom stereocenters. The minimum Gasteiger partial charge on any atom is -0.494 e. The highest BCUT2D eigenvalue weighted by atomic mass is 16.5. The molecule has 0 saturated carbocycles. The summed E-state index contributed by atoms with van der Waals surface area (Å²) in [6.45, 7) is 5.13. The van der Waals surface area contributed by atoms with E-state index >= 15 is 0 Å². The lowest BCUT2D eigenvalue weighted by molar-refractivity contribution is 0.0508. The number of fused-ring (bicyclic) bond motifs is 1. The smallest absolute Gasteiger partial charge is 0.258 e. The van der Waals surface area contributed by atoms with Crippen LogP contribution in [0.15, 0.2) is 78.9 Å². The number of hydrogen-bond donors (Lipinski definition) is 1. The molecule has 1 aliphatic heterocycles. The maximum Gasteiger partial charge on any atom is 0.258 e. The number of amides is 1. The zero-order chi connectivity index (χ0) is 19.6. The summed E-state index contributed by atoms with van der Waals surface area (Å²) in [5.41, 5.74) is 2.91. The molecule has 0 aromatic heterocycles. The normalized spacial score (nSPS) is 18.4.